The molecular weight excluding hydrogens is 534 g/mol. The molecule has 0 fully saturated rings. The molecule has 6 heteroatoms. The van der Waals surface area contributed by atoms with Gasteiger partial charge in [0.2, 0.25) is 0 Å². The predicted molar refractivity (Wildman–Crippen MR) is 172 cm³/mol. The quantitative estimate of drug-likeness (QED) is 0.203. The highest BCUT2D eigenvalue weighted by molar-refractivity contribution is 5.92. The molecule has 1 atom stereocenters. The molecule has 6 rings (SSSR count). The molecule has 6 nitrogen and oxygen atoms in total. The standard InChI is InChI=1S/C37H43N3O3/c1-7-37(43-36(4,5)6)30-21-32-34-29(23-40(32)35(42)28(30)17-18-33(37)41)26(27-15-11-12-16-31(27)38-34)19-20-39(24(2)3)22-25-13-9-8-10-14-25/h8-16,21,24H,7,17-20,22-23H2,1-6H3/t37-/m0/s1. The smallest absolute Gasteiger partial charge is 0.254 e. The fourth-order valence-electron chi connectivity index (χ4n) is 7.07. The monoisotopic (exact) mass is 577 g/mol. The third-order valence-electron chi connectivity index (χ3n) is 9.14. The molecule has 0 amide bonds. The number of nitrogens with zero attached hydrogens (tertiary/aromatic N) is 3. The number of Topliss-reactive ketones (excluding diaryl/α,β-unsaturated/α-hetero) is 1. The lowest BCUT2D eigenvalue weighted by atomic mass is 9.76. The largest absolute Gasteiger partial charge is 0.357 e. The highest BCUT2D eigenvalue weighted by Gasteiger charge is 2.48. The number of pyridine rings is 2. The highest BCUT2D eigenvalue weighted by Crippen LogP contribution is 2.44. The number of rotatable bonds is 8. The van der Waals surface area contributed by atoms with Crippen molar-refractivity contribution >= 4 is 16.7 Å². The average Bonchev–Trinajstić information content (AvgIpc) is 3.34. The van der Waals surface area contributed by atoms with E-state index in [0.29, 0.717) is 37.4 Å². The summed E-state index contributed by atoms with van der Waals surface area (Å²) >= 11 is 0. The number of ether oxygens (including phenoxy) is 1. The van der Waals surface area contributed by atoms with Gasteiger partial charge in [0.1, 0.15) is 0 Å². The Kier molecular flexibility index (Phi) is 7.64. The molecule has 0 saturated carbocycles. The number of carbonyl (C=O) groups excluding carboxylic acids is 1. The van der Waals surface area contributed by atoms with E-state index in [-0.39, 0.29) is 11.3 Å². The zero-order valence-electron chi connectivity index (χ0n) is 26.4. The molecule has 224 valence electrons. The zero-order valence-corrected chi connectivity index (χ0v) is 26.4. The second-order valence-electron chi connectivity index (χ2n) is 13.4. The molecule has 4 aromatic rings. The van der Waals surface area contributed by atoms with Crippen molar-refractivity contribution in [3.63, 3.8) is 0 Å². The van der Waals surface area contributed by atoms with Gasteiger partial charge in [0.25, 0.3) is 5.56 Å². The minimum atomic E-state index is -1.13. The molecule has 0 unspecified atom stereocenters. The van der Waals surface area contributed by atoms with Crippen LogP contribution in [-0.2, 0) is 41.1 Å². The molecular formula is C37H43N3O3. The van der Waals surface area contributed by atoms with Gasteiger partial charge in [0, 0.05) is 47.6 Å². The van der Waals surface area contributed by atoms with Crippen LogP contribution in [0.25, 0.3) is 22.3 Å². The summed E-state index contributed by atoms with van der Waals surface area (Å²) in [6.07, 6.45) is 2.10. The summed E-state index contributed by atoms with van der Waals surface area (Å²) in [5.41, 5.74) is 6.00. The van der Waals surface area contributed by atoms with E-state index in [1.54, 1.807) is 0 Å². The van der Waals surface area contributed by atoms with Crippen molar-refractivity contribution in [1.29, 1.82) is 0 Å². The summed E-state index contributed by atoms with van der Waals surface area (Å²) in [7, 11) is 0. The molecule has 0 N–H and O–H groups in total. The number of hydrogen-bond donors (Lipinski definition) is 0. The Hall–Kier alpha value is -3.61. The Morgan fingerprint density at radius 2 is 1.72 bits per heavy atom. The van der Waals surface area contributed by atoms with Crippen molar-refractivity contribution < 1.29 is 9.53 Å². The van der Waals surface area contributed by atoms with E-state index >= 15 is 0 Å². The summed E-state index contributed by atoms with van der Waals surface area (Å²) in [6.45, 7) is 14.7. The van der Waals surface area contributed by atoms with Crippen LogP contribution >= 0.6 is 0 Å². The van der Waals surface area contributed by atoms with Crippen LogP contribution in [0.5, 0.6) is 0 Å². The number of fused-ring (bicyclic) bond motifs is 5. The van der Waals surface area contributed by atoms with Crippen molar-refractivity contribution in [2.24, 2.45) is 0 Å². The van der Waals surface area contributed by atoms with Gasteiger partial charge in [0.15, 0.2) is 11.4 Å². The number of benzene rings is 2. The fourth-order valence-corrected chi connectivity index (χ4v) is 7.07. The molecule has 2 aromatic carbocycles. The molecule has 2 aromatic heterocycles. The molecule has 1 aliphatic carbocycles. The van der Waals surface area contributed by atoms with Crippen LogP contribution in [-0.4, -0.2) is 38.4 Å². The Morgan fingerprint density at radius 1 is 1.00 bits per heavy atom. The molecule has 0 spiro atoms. The third-order valence-corrected chi connectivity index (χ3v) is 9.14. The number of para-hydroxylation sites is 1. The van der Waals surface area contributed by atoms with Crippen molar-refractivity contribution in [3.05, 3.63) is 98.8 Å². The first kappa shape index (κ1) is 29.5. The highest BCUT2D eigenvalue weighted by atomic mass is 16.5. The van der Waals surface area contributed by atoms with Crippen molar-refractivity contribution in [2.75, 3.05) is 6.54 Å². The summed E-state index contributed by atoms with van der Waals surface area (Å²) < 4.78 is 8.45. The number of hydrogen-bond acceptors (Lipinski definition) is 5. The number of aromatic nitrogens is 2. The molecule has 0 radical (unpaired) electrons. The Balaban J connectivity index is 1.46. The Bertz CT molecular complexity index is 1750. The van der Waals surface area contributed by atoms with Gasteiger partial charge in [-0.25, -0.2) is 4.98 Å². The lowest BCUT2D eigenvalue weighted by molar-refractivity contribution is -0.171. The van der Waals surface area contributed by atoms with Gasteiger partial charge in [-0.2, -0.15) is 0 Å². The maximum absolute atomic E-state index is 14.2. The predicted octanol–water partition coefficient (Wildman–Crippen LogP) is 6.81. The van der Waals surface area contributed by atoms with Crippen LogP contribution in [0.2, 0.25) is 0 Å². The van der Waals surface area contributed by atoms with Crippen LogP contribution in [0.4, 0.5) is 0 Å². The Labute approximate surface area is 254 Å². The maximum atomic E-state index is 14.2. The fraction of sp³-hybridized carbons (Fsp3) is 0.432. The normalized spacial score (nSPS) is 17.9. The summed E-state index contributed by atoms with van der Waals surface area (Å²) in [6, 6.07) is 21.4. The third kappa shape index (κ3) is 5.25. The van der Waals surface area contributed by atoms with Gasteiger partial charge >= 0.3 is 0 Å². The Morgan fingerprint density at radius 3 is 2.42 bits per heavy atom. The van der Waals surface area contributed by atoms with Gasteiger partial charge in [-0.05, 0) is 77.1 Å². The zero-order chi connectivity index (χ0) is 30.5. The molecule has 0 bridgehead atoms. The summed E-state index contributed by atoms with van der Waals surface area (Å²) in [5.74, 6) is 0.0550. The van der Waals surface area contributed by atoms with E-state index in [9.17, 15) is 9.59 Å². The van der Waals surface area contributed by atoms with Gasteiger partial charge in [-0.3, -0.25) is 14.5 Å². The van der Waals surface area contributed by atoms with Crippen LogP contribution in [0, 0.1) is 0 Å². The van der Waals surface area contributed by atoms with E-state index in [1.165, 1.54) is 11.1 Å². The lowest BCUT2D eigenvalue weighted by Crippen LogP contribution is -2.48. The number of carbonyl (C=O) groups is 1. The molecule has 43 heavy (non-hydrogen) atoms. The SMILES string of the molecule is CC[C@@]1(OC(C)(C)C)C(=O)CCc2c1cc1n(c2=O)Cc2c-1nc1ccccc1c2CCN(Cc1ccccc1)C(C)C. The van der Waals surface area contributed by atoms with Gasteiger partial charge < -0.3 is 9.30 Å². The van der Waals surface area contributed by atoms with Crippen LogP contribution < -0.4 is 5.56 Å². The second-order valence-corrected chi connectivity index (χ2v) is 13.4. The van der Waals surface area contributed by atoms with E-state index < -0.39 is 11.2 Å². The minimum absolute atomic E-state index is 0.0174. The van der Waals surface area contributed by atoms with Crippen LogP contribution in [0.1, 0.15) is 82.2 Å². The molecule has 0 saturated heterocycles. The number of ketones is 1. The summed E-state index contributed by atoms with van der Waals surface area (Å²) in [5, 5.41) is 1.14. The van der Waals surface area contributed by atoms with Gasteiger partial charge in [-0.15, -0.1) is 0 Å². The van der Waals surface area contributed by atoms with Crippen molar-refractivity contribution in [1.82, 2.24) is 14.5 Å². The summed E-state index contributed by atoms with van der Waals surface area (Å²) in [4.78, 5) is 35.4. The average molecular weight is 578 g/mol. The van der Waals surface area contributed by atoms with Crippen molar-refractivity contribution in [3.8, 4) is 11.4 Å². The topological polar surface area (TPSA) is 64.4 Å². The molecule has 1 aliphatic heterocycles. The van der Waals surface area contributed by atoms with Gasteiger partial charge in [0.05, 0.1) is 29.1 Å². The van der Waals surface area contributed by atoms with Crippen LogP contribution in [0.3, 0.4) is 0 Å². The van der Waals surface area contributed by atoms with Crippen molar-refractivity contribution in [2.45, 2.75) is 97.6 Å². The molecule has 3 heterocycles. The first-order valence-electron chi connectivity index (χ1n) is 15.7. The van der Waals surface area contributed by atoms with E-state index in [0.717, 1.165) is 52.9 Å². The van der Waals surface area contributed by atoms with E-state index in [1.807, 2.05) is 38.3 Å². The molecule has 2 aliphatic rings. The van der Waals surface area contributed by atoms with E-state index in [2.05, 4.69) is 73.3 Å². The second kappa shape index (κ2) is 11.1. The van der Waals surface area contributed by atoms with Gasteiger partial charge in [-0.1, -0.05) is 55.5 Å². The van der Waals surface area contributed by atoms with Crippen LogP contribution in [0.15, 0.2) is 65.5 Å². The first-order valence-corrected chi connectivity index (χ1v) is 15.7. The minimum Gasteiger partial charge on any atom is -0.357 e. The lowest BCUT2D eigenvalue weighted by Gasteiger charge is -2.41. The van der Waals surface area contributed by atoms with E-state index in [4.69, 9.17) is 9.72 Å². The first-order chi connectivity index (χ1) is 20.5. The maximum Gasteiger partial charge on any atom is 0.254 e.